The van der Waals surface area contributed by atoms with Crippen molar-refractivity contribution in [3.8, 4) is 0 Å². The summed E-state index contributed by atoms with van der Waals surface area (Å²) < 4.78 is 0. The lowest BCUT2D eigenvalue weighted by Crippen LogP contribution is -2.33. The first-order chi connectivity index (χ1) is 9.86. The fourth-order valence-corrected chi connectivity index (χ4v) is 3.41. The highest BCUT2D eigenvalue weighted by Crippen LogP contribution is 2.35. The van der Waals surface area contributed by atoms with Gasteiger partial charge in [0, 0.05) is 18.5 Å². The fourth-order valence-electron chi connectivity index (χ4n) is 2.34. The molecule has 2 N–H and O–H groups in total. The molecule has 2 aromatic rings. The molecule has 0 aliphatic heterocycles. The van der Waals surface area contributed by atoms with Crippen LogP contribution < -0.4 is 5.73 Å². The van der Waals surface area contributed by atoms with E-state index in [4.69, 9.17) is 5.73 Å². The van der Waals surface area contributed by atoms with Crippen molar-refractivity contribution in [2.75, 3.05) is 18.8 Å². The third-order valence-corrected chi connectivity index (χ3v) is 4.66. The van der Waals surface area contributed by atoms with Gasteiger partial charge in [-0.3, -0.25) is 4.79 Å². The maximum atomic E-state index is 12.7. The molecule has 0 saturated heterocycles. The van der Waals surface area contributed by atoms with E-state index in [1.54, 1.807) is 0 Å². The normalized spacial score (nSPS) is 11.3. The van der Waals surface area contributed by atoms with Crippen LogP contribution in [-0.4, -0.2) is 34.1 Å². The number of carbonyl (C=O) groups is 1. The molecule has 0 fully saturated rings. The SMILES string of the molecule is CCN(CC(C)C)C(=O)c1sc2nnc(C)c(C)c2c1N. The van der Waals surface area contributed by atoms with Crippen LogP contribution in [0.2, 0.25) is 0 Å². The van der Waals surface area contributed by atoms with Crippen LogP contribution in [0.25, 0.3) is 10.2 Å². The molecule has 0 aromatic carbocycles. The highest BCUT2D eigenvalue weighted by molar-refractivity contribution is 7.21. The van der Waals surface area contributed by atoms with Gasteiger partial charge in [-0.1, -0.05) is 13.8 Å². The van der Waals surface area contributed by atoms with Crippen LogP contribution in [0.4, 0.5) is 5.69 Å². The van der Waals surface area contributed by atoms with Crippen molar-refractivity contribution in [2.45, 2.75) is 34.6 Å². The Morgan fingerprint density at radius 3 is 2.57 bits per heavy atom. The summed E-state index contributed by atoms with van der Waals surface area (Å²) in [6.45, 7) is 11.5. The topological polar surface area (TPSA) is 72.1 Å². The Kier molecular flexibility index (Phi) is 4.46. The van der Waals surface area contributed by atoms with Gasteiger partial charge in [0.15, 0.2) is 0 Å². The van der Waals surface area contributed by atoms with Gasteiger partial charge in [0.05, 0.1) is 11.4 Å². The molecule has 0 radical (unpaired) electrons. The lowest BCUT2D eigenvalue weighted by atomic mass is 10.1. The molecule has 114 valence electrons. The molecule has 1 amide bonds. The van der Waals surface area contributed by atoms with Crippen molar-refractivity contribution in [2.24, 2.45) is 5.92 Å². The molecule has 5 nitrogen and oxygen atoms in total. The third-order valence-electron chi connectivity index (χ3n) is 3.58. The molecule has 0 atom stereocenters. The molecule has 6 heteroatoms. The van der Waals surface area contributed by atoms with Crippen LogP contribution in [0.3, 0.4) is 0 Å². The second-order valence-corrected chi connectivity index (χ2v) is 6.67. The number of anilines is 1. The molecule has 0 spiro atoms. The van der Waals surface area contributed by atoms with Gasteiger partial charge in [-0.25, -0.2) is 0 Å². The van der Waals surface area contributed by atoms with E-state index in [1.807, 2.05) is 25.7 Å². The molecule has 0 aliphatic rings. The summed E-state index contributed by atoms with van der Waals surface area (Å²) in [7, 11) is 0. The Labute approximate surface area is 129 Å². The predicted molar refractivity (Wildman–Crippen MR) is 87.7 cm³/mol. The van der Waals surface area contributed by atoms with Crippen molar-refractivity contribution >= 4 is 33.1 Å². The molecule has 2 heterocycles. The lowest BCUT2D eigenvalue weighted by molar-refractivity contribution is 0.0751. The largest absolute Gasteiger partial charge is 0.397 e. The summed E-state index contributed by atoms with van der Waals surface area (Å²) in [6, 6.07) is 0. The summed E-state index contributed by atoms with van der Waals surface area (Å²) >= 11 is 1.34. The van der Waals surface area contributed by atoms with E-state index >= 15 is 0 Å². The molecule has 2 rings (SSSR count). The Balaban J connectivity index is 2.49. The van der Waals surface area contributed by atoms with Gasteiger partial charge < -0.3 is 10.6 Å². The number of hydrogen-bond donors (Lipinski definition) is 1. The van der Waals surface area contributed by atoms with Gasteiger partial charge in [0.2, 0.25) is 0 Å². The number of fused-ring (bicyclic) bond motifs is 1. The van der Waals surface area contributed by atoms with Crippen LogP contribution >= 0.6 is 11.3 Å². The van der Waals surface area contributed by atoms with E-state index in [0.29, 0.717) is 23.0 Å². The van der Waals surface area contributed by atoms with Gasteiger partial charge in [0.25, 0.3) is 5.91 Å². The second kappa shape index (κ2) is 5.97. The average Bonchev–Trinajstić information content (AvgIpc) is 2.77. The summed E-state index contributed by atoms with van der Waals surface area (Å²) in [4.78, 5) is 15.9. The van der Waals surface area contributed by atoms with E-state index in [1.165, 1.54) is 11.3 Å². The van der Waals surface area contributed by atoms with Gasteiger partial charge >= 0.3 is 0 Å². The predicted octanol–water partition coefficient (Wildman–Crippen LogP) is 3.01. The maximum absolute atomic E-state index is 12.7. The number of aromatic nitrogens is 2. The van der Waals surface area contributed by atoms with Crippen LogP contribution in [0.1, 0.15) is 41.7 Å². The Hall–Kier alpha value is -1.69. The van der Waals surface area contributed by atoms with E-state index < -0.39 is 0 Å². The van der Waals surface area contributed by atoms with E-state index in [9.17, 15) is 4.79 Å². The molecule has 0 aliphatic carbocycles. The highest BCUT2D eigenvalue weighted by atomic mass is 32.1. The van der Waals surface area contributed by atoms with Crippen molar-refractivity contribution in [1.82, 2.24) is 15.1 Å². The molecule has 0 unspecified atom stereocenters. The minimum atomic E-state index is -0.0104. The van der Waals surface area contributed by atoms with Crippen molar-refractivity contribution in [3.63, 3.8) is 0 Å². The van der Waals surface area contributed by atoms with Crippen LogP contribution in [0.5, 0.6) is 0 Å². The Bertz CT molecular complexity index is 678. The quantitative estimate of drug-likeness (QED) is 0.942. The first-order valence-corrected chi connectivity index (χ1v) is 7.99. The first kappa shape index (κ1) is 15.7. The van der Waals surface area contributed by atoms with E-state index in [0.717, 1.165) is 28.0 Å². The molecule has 2 aromatic heterocycles. The fraction of sp³-hybridized carbons (Fsp3) is 0.533. The third kappa shape index (κ3) is 2.85. The maximum Gasteiger partial charge on any atom is 0.266 e. The summed E-state index contributed by atoms with van der Waals surface area (Å²) in [6.07, 6.45) is 0. The first-order valence-electron chi connectivity index (χ1n) is 7.17. The minimum Gasteiger partial charge on any atom is -0.397 e. The standard InChI is InChI=1S/C15H22N4OS/c1-6-19(7-8(2)3)15(20)13-12(16)11-9(4)10(5)17-18-14(11)21-13/h8H,6-7,16H2,1-5H3. The van der Waals surface area contributed by atoms with E-state index in [-0.39, 0.29) is 5.91 Å². The molecule has 21 heavy (non-hydrogen) atoms. The molecule has 0 saturated carbocycles. The van der Waals surface area contributed by atoms with Crippen LogP contribution in [-0.2, 0) is 0 Å². The van der Waals surface area contributed by atoms with Gasteiger partial charge in [-0.15, -0.1) is 16.4 Å². The number of rotatable bonds is 4. The van der Waals surface area contributed by atoms with Gasteiger partial charge in [-0.05, 0) is 32.3 Å². The summed E-state index contributed by atoms with van der Waals surface area (Å²) in [5, 5.41) is 9.16. The van der Waals surface area contributed by atoms with Crippen LogP contribution in [0, 0.1) is 19.8 Å². The van der Waals surface area contributed by atoms with Gasteiger partial charge in [-0.2, -0.15) is 5.10 Å². The van der Waals surface area contributed by atoms with Gasteiger partial charge in [0.1, 0.15) is 9.71 Å². The number of carbonyl (C=O) groups excluding carboxylic acids is 1. The van der Waals surface area contributed by atoms with Crippen molar-refractivity contribution < 1.29 is 4.79 Å². The zero-order valence-electron chi connectivity index (χ0n) is 13.2. The number of nitrogens with two attached hydrogens (primary N) is 1. The Morgan fingerprint density at radius 1 is 1.33 bits per heavy atom. The lowest BCUT2D eigenvalue weighted by Gasteiger charge is -2.22. The Morgan fingerprint density at radius 2 is 2.00 bits per heavy atom. The number of nitrogens with zero attached hydrogens (tertiary/aromatic N) is 3. The minimum absolute atomic E-state index is 0.0104. The smallest absolute Gasteiger partial charge is 0.266 e. The second-order valence-electron chi connectivity index (χ2n) is 5.67. The number of amides is 1. The van der Waals surface area contributed by atoms with Crippen molar-refractivity contribution in [1.29, 1.82) is 0 Å². The van der Waals surface area contributed by atoms with Crippen LogP contribution in [0.15, 0.2) is 0 Å². The zero-order chi connectivity index (χ0) is 15.7. The number of thiophene rings is 1. The zero-order valence-corrected chi connectivity index (χ0v) is 14.0. The van der Waals surface area contributed by atoms with Crippen molar-refractivity contribution in [3.05, 3.63) is 16.1 Å². The molecular weight excluding hydrogens is 284 g/mol. The number of hydrogen-bond acceptors (Lipinski definition) is 5. The number of nitrogen functional groups attached to an aromatic ring is 1. The highest BCUT2D eigenvalue weighted by Gasteiger charge is 2.23. The molecular formula is C15H22N4OS. The summed E-state index contributed by atoms with van der Waals surface area (Å²) in [5.74, 6) is 0.414. The monoisotopic (exact) mass is 306 g/mol. The molecule has 0 bridgehead atoms. The average molecular weight is 306 g/mol. The number of aryl methyl sites for hydroxylation is 2. The summed E-state index contributed by atoms with van der Waals surface area (Å²) in [5.41, 5.74) is 8.62. The van der Waals surface area contributed by atoms with E-state index in [2.05, 4.69) is 24.0 Å².